The molecule has 0 bridgehead atoms. The fourth-order valence-electron chi connectivity index (χ4n) is 3.23. The van der Waals surface area contributed by atoms with Crippen molar-refractivity contribution in [2.75, 3.05) is 24.5 Å². The molecule has 1 fully saturated rings. The second-order valence-corrected chi connectivity index (χ2v) is 6.46. The summed E-state index contributed by atoms with van der Waals surface area (Å²) < 4.78 is 36.9. The van der Waals surface area contributed by atoms with Gasteiger partial charge in [-0.25, -0.2) is 4.98 Å². The molecular weight excluding hydrogens is 383 g/mol. The number of aromatic amines is 1. The maximum absolute atomic E-state index is 12.3. The van der Waals surface area contributed by atoms with Crippen molar-refractivity contribution in [2.24, 2.45) is 5.92 Å². The molecule has 1 saturated heterocycles. The second-order valence-electron chi connectivity index (χ2n) is 6.46. The third kappa shape index (κ3) is 4.21. The summed E-state index contributed by atoms with van der Waals surface area (Å²) in [4.78, 5) is 42.7. The number of amides is 1. The van der Waals surface area contributed by atoms with Crippen molar-refractivity contribution >= 4 is 28.2 Å². The zero-order valence-electron chi connectivity index (χ0n) is 14.5. The Labute approximate surface area is 155 Å². The van der Waals surface area contributed by atoms with Crippen LogP contribution in [0.4, 0.5) is 24.5 Å². The highest BCUT2D eigenvalue weighted by atomic mass is 19.4. The van der Waals surface area contributed by atoms with Gasteiger partial charge in [0.05, 0.1) is 28.1 Å². The van der Waals surface area contributed by atoms with Crippen LogP contribution in [0.3, 0.4) is 0 Å². The zero-order chi connectivity index (χ0) is 20.5. The SMILES string of the molecule is O=C(NCC(F)(F)F)C1CCCN(c2cc3nc[nH]c(=O)c3cc2[N+](=O)[O-])C1. The summed E-state index contributed by atoms with van der Waals surface area (Å²) in [5.41, 5.74) is -0.443. The summed E-state index contributed by atoms with van der Waals surface area (Å²) in [7, 11) is 0. The van der Waals surface area contributed by atoms with Crippen molar-refractivity contribution in [1.29, 1.82) is 0 Å². The van der Waals surface area contributed by atoms with Gasteiger partial charge in [0.1, 0.15) is 12.2 Å². The van der Waals surface area contributed by atoms with E-state index in [9.17, 15) is 32.9 Å². The maximum Gasteiger partial charge on any atom is 0.405 e. The number of anilines is 1. The van der Waals surface area contributed by atoms with Crippen LogP contribution in [-0.2, 0) is 4.79 Å². The first-order chi connectivity index (χ1) is 13.2. The summed E-state index contributed by atoms with van der Waals surface area (Å²) in [5, 5.41) is 13.4. The van der Waals surface area contributed by atoms with Crippen molar-refractivity contribution in [2.45, 2.75) is 19.0 Å². The Morgan fingerprint density at radius 3 is 2.86 bits per heavy atom. The van der Waals surface area contributed by atoms with Gasteiger partial charge in [-0.3, -0.25) is 19.7 Å². The number of H-pyrrole nitrogens is 1. The molecule has 0 aliphatic carbocycles. The molecule has 1 atom stereocenters. The van der Waals surface area contributed by atoms with Gasteiger partial charge in [0.15, 0.2) is 0 Å². The summed E-state index contributed by atoms with van der Waals surface area (Å²) in [6.45, 7) is -1.01. The fourth-order valence-corrected chi connectivity index (χ4v) is 3.23. The molecular formula is C16H16F3N5O4. The van der Waals surface area contributed by atoms with Crippen LogP contribution in [0.2, 0.25) is 0 Å². The number of alkyl halides is 3. The van der Waals surface area contributed by atoms with Crippen LogP contribution in [-0.4, -0.2) is 46.6 Å². The molecule has 1 unspecified atom stereocenters. The van der Waals surface area contributed by atoms with E-state index < -0.39 is 35.0 Å². The van der Waals surface area contributed by atoms with Crippen molar-refractivity contribution in [3.05, 3.63) is 38.9 Å². The number of rotatable bonds is 4. The van der Waals surface area contributed by atoms with E-state index in [1.807, 2.05) is 5.32 Å². The molecule has 1 aromatic carbocycles. The number of hydrogen-bond acceptors (Lipinski definition) is 6. The van der Waals surface area contributed by atoms with Gasteiger partial charge in [-0.2, -0.15) is 13.2 Å². The Bertz CT molecular complexity index is 975. The smallest absolute Gasteiger partial charge is 0.365 e. The van der Waals surface area contributed by atoms with E-state index in [0.717, 1.165) is 6.07 Å². The highest BCUT2D eigenvalue weighted by molar-refractivity contribution is 5.87. The molecule has 1 amide bonds. The minimum absolute atomic E-state index is 0.0270. The van der Waals surface area contributed by atoms with Gasteiger partial charge in [-0.15, -0.1) is 0 Å². The van der Waals surface area contributed by atoms with E-state index in [2.05, 4.69) is 9.97 Å². The molecule has 28 heavy (non-hydrogen) atoms. The van der Waals surface area contributed by atoms with Crippen LogP contribution in [0.15, 0.2) is 23.3 Å². The van der Waals surface area contributed by atoms with Crippen molar-refractivity contribution in [3.63, 3.8) is 0 Å². The minimum Gasteiger partial charge on any atom is -0.365 e. The standard InChI is InChI=1S/C16H16F3N5O4/c17-16(18,19)7-20-14(25)9-2-1-3-23(6-9)12-5-11-10(4-13(12)24(27)28)15(26)22-8-21-11/h4-5,8-9H,1-3,6-7H2,(H,20,25)(H,21,22,26). The van der Waals surface area contributed by atoms with E-state index in [-0.39, 0.29) is 28.8 Å². The normalized spacial score (nSPS) is 17.5. The molecule has 12 heteroatoms. The lowest BCUT2D eigenvalue weighted by molar-refractivity contribution is -0.384. The van der Waals surface area contributed by atoms with E-state index in [0.29, 0.717) is 19.4 Å². The first kappa shape index (κ1) is 19.6. The van der Waals surface area contributed by atoms with Gasteiger partial charge in [0.2, 0.25) is 5.91 Å². The molecule has 1 aromatic heterocycles. The topological polar surface area (TPSA) is 121 Å². The molecule has 150 valence electrons. The molecule has 3 rings (SSSR count). The number of halogens is 3. The van der Waals surface area contributed by atoms with E-state index in [1.54, 1.807) is 4.90 Å². The van der Waals surface area contributed by atoms with E-state index >= 15 is 0 Å². The third-order valence-electron chi connectivity index (χ3n) is 4.53. The Morgan fingerprint density at radius 2 is 2.18 bits per heavy atom. The zero-order valence-corrected chi connectivity index (χ0v) is 14.5. The summed E-state index contributed by atoms with van der Waals surface area (Å²) in [6, 6.07) is 2.50. The third-order valence-corrected chi connectivity index (χ3v) is 4.53. The fraction of sp³-hybridized carbons (Fsp3) is 0.438. The number of nitrogens with one attached hydrogen (secondary N) is 2. The molecule has 0 radical (unpaired) electrons. The first-order valence-electron chi connectivity index (χ1n) is 8.41. The van der Waals surface area contributed by atoms with Gasteiger partial charge < -0.3 is 15.2 Å². The van der Waals surface area contributed by atoms with Crippen LogP contribution in [0.1, 0.15) is 12.8 Å². The first-order valence-corrected chi connectivity index (χ1v) is 8.41. The number of nitro groups is 1. The van der Waals surface area contributed by atoms with Gasteiger partial charge in [0, 0.05) is 19.2 Å². The molecule has 2 heterocycles. The molecule has 0 saturated carbocycles. The average molecular weight is 399 g/mol. The summed E-state index contributed by atoms with van der Waals surface area (Å²) in [6.07, 6.45) is -2.49. The molecule has 0 spiro atoms. The predicted molar refractivity (Wildman–Crippen MR) is 93.0 cm³/mol. The lowest BCUT2D eigenvalue weighted by atomic mass is 9.96. The molecule has 2 aromatic rings. The number of carbonyl (C=O) groups excluding carboxylic acids is 1. The van der Waals surface area contributed by atoms with Crippen LogP contribution < -0.4 is 15.8 Å². The lowest BCUT2D eigenvalue weighted by Gasteiger charge is -2.33. The highest BCUT2D eigenvalue weighted by Crippen LogP contribution is 2.34. The minimum atomic E-state index is -4.51. The van der Waals surface area contributed by atoms with Gasteiger partial charge in [0.25, 0.3) is 11.2 Å². The van der Waals surface area contributed by atoms with Crippen LogP contribution in [0.25, 0.3) is 10.9 Å². The number of nitro benzene ring substituents is 1. The molecule has 2 N–H and O–H groups in total. The number of benzene rings is 1. The Morgan fingerprint density at radius 1 is 1.43 bits per heavy atom. The Balaban J connectivity index is 1.89. The van der Waals surface area contributed by atoms with Gasteiger partial charge in [-0.05, 0) is 18.9 Å². The largest absolute Gasteiger partial charge is 0.405 e. The highest BCUT2D eigenvalue weighted by Gasteiger charge is 2.33. The van der Waals surface area contributed by atoms with Crippen LogP contribution >= 0.6 is 0 Å². The second kappa shape index (κ2) is 7.44. The van der Waals surface area contributed by atoms with Crippen LogP contribution in [0.5, 0.6) is 0 Å². The van der Waals surface area contributed by atoms with Crippen molar-refractivity contribution < 1.29 is 22.9 Å². The molecule has 1 aliphatic rings. The molecule has 9 nitrogen and oxygen atoms in total. The Hall–Kier alpha value is -3.18. The number of nitrogens with zero attached hydrogens (tertiary/aromatic N) is 3. The number of piperidine rings is 1. The number of fused-ring (bicyclic) bond motifs is 1. The van der Waals surface area contributed by atoms with E-state index in [4.69, 9.17) is 0 Å². The van der Waals surface area contributed by atoms with Gasteiger partial charge in [-0.1, -0.05) is 0 Å². The quantitative estimate of drug-likeness (QED) is 0.597. The number of aromatic nitrogens is 2. The lowest BCUT2D eigenvalue weighted by Crippen LogP contribution is -2.45. The number of hydrogen-bond donors (Lipinski definition) is 2. The number of carbonyl (C=O) groups is 1. The van der Waals surface area contributed by atoms with E-state index in [1.165, 1.54) is 12.4 Å². The summed E-state index contributed by atoms with van der Waals surface area (Å²) >= 11 is 0. The predicted octanol–water partition coefficient (Wildman–Crippen LogP) is 1.73. The summed E-state index contributed by atoms with van der Waals surface area (Å²) in [5.74, 6) is -1.49. The average Bonchev–Trinajstić information content (AvgIpc) is 2.65. The monoisotopic (exact) mass is 399 g/mol. The maximum atomic E-state index is 12.3. The Kier molecular flexibility index (Phi) is 5.21. The van der Waals surface area contributed by atoms with Crippen molar-refractivity contribution in [3.8, 4) is 0 Å². The van der Waals surface area contributed by atoms with Crippen LogP contribution in [0, 0.1) is 16.0 Å². The van der Waals surface area contributed by atoms with Crippen molar-refractivity contribution in [1.82, 2.24) is 15.3 Å². The molecule has 1 aliphatic heterocycles. The van der Waals surface area contributed by atoms with Gasteiger partial charge >= 0.3 is 6.18 Å².